The van der Waals surface area contributed by atoms with Gasteiger partial charge in [0, 0.05) is 36.2 Å². The average molecular weight is 381 g/mol. The van der Waals surface area contributed by atoms with Crippen molar-refractivity contribution in [3.05, 3.63) is 65.5 Å². The fraction of sp³-hybridized carbons (Fsp3) is 0.458. The molecule has 28 heavy (non-hydrogen) atoms. The van der Waals surface area contributed by atoms with Crippen LogP contribution in [0.15, 0.2) is 48.5 Å². The minimum absolute atomic E-state index is 0.108. The van der Waals surface area contributed by atoms with Crippen molar-refractivity contribution in [2.45, 2.75) is 38.0 Å². The summed E-state index contributed by atoms with van der Waals surface area (Å²) in [5.74, 6) is -0.189. The summed E-state index contributed by atoms with van der Waals surface area (Å²) in [6.07, 6.45) is 3.76. The van der Waals surface area contributed by atoms with E-state index in [-0.39, 0.29) is 11.6 Å². The molecule has 0 aliphatic carbocycles. The minimum Gasteiger partial charge on any atom is -0.371 e. The Morgan fingerprint density at radius 3 is 2.50 bits per heavy atom. The molecule has 2 aliphatic heterocycles. The number of ketones is 1. The van der Waals surface area contributed by atoms with Gasteiger partial charge in [-0.1, -0.05) is 18.2 Å². The van der Waals surface area contributed by atoms with E-state index in [0.29, 0.717) is 17.4 Å². The Labute approximate surface area is 167 Å². The van der Waals surface area contributed by atoms with Gasteiger partial charge in [0.15, 0.2) is 5.78 Å². The number of likely N-dealkylation sites (tertiary alicyclic amines) is 1. The summed E-state index contributed by atoms with van der Waals surface area (Å²) in [5.41, 5.74) is 3.86. The molecule has 0 N–H and O–H groups in total. The summed E-state index contributed by atoms with van der Waals surface area (Å²) in [4.78, 5) is 17.3. The van der Waals surface area contributed by atoms with Crippen LogP contribution in [0.2, 0.25) is 0 Å². The highest BCUT2D eigenvalue weighted by Crippen LogP contribution is 2.46. The molecule has 2 aliphatic rings. The molecule has 148 valence electrons. The van der Waals surface area contributed by atoms with E-state index in [9.17, 15) is 9.18 Å². The van der Waals surface area contributed by atoms with Gasteiger partial charge in [-0.3, -0.25) is 4.79 Å². The van der Waals surface area contributed by atoms with Crippen LogP contribution in [0.1, 0.15) is 48.5 Å². The number of carbonyl (C=O) groups excluding carboxylic acids is 1. The first-order valence-electron chi connectivity index (χ1n) is 10.5. The lowest BCUT2D eigenvalue weighted by atomic mass is 9.74. The SMILES string of the molecule is CCN1CC2(CCN(CCCC(=O)c3ccc(F)cc3)CC2)c2ccccc21. The van der Waals surface area contributed by atoms with Crippen molar-refractivity contribution in [3.8, 4) is 0 Å². The van der Waals surface area contributed by atoms with E-state index in [1.54, 1.807) is 12.1 Å². The maximum absolute atomic E-state index is 13.0. The summed E-state index contributed by atoms with van der Waals surface area (Å²) >= 11 is 0. The van der Waals surface area contributed by atoms with Crippen LogP contribution < -0.4 is 4.90 Å². The number of hydrogen-bond acceptors (Lipinski definition) is 3. The lowest BCUT2D eigenvalue weighted by Gasteiger charge is -2.40. The number of likely N-dealkylation sites (N-methyl/N-ethyl adjacent to an activating group) is 1. The molecule has 2 aromatic rings. The zero-order valence-corrected chi connectivity index (χ0v) is 16.7. The van der Waals surface area contributed by atoms with Gasteiger partial charge >= 0.3 is 0 Å². The molecule has 0 aromatic heterocycles. The van der Waals surface area contributed by atoms with Crippen LogP contribution in [0.4, 0.5) is 10.1 Å². The highest BCUT2D eigenvalue weighted by atomic mass is 19.1. The first-order chi connectivity index (χ1) is 13.6. The summed E-state index contributed by atoms with van der Waals surface area (Å²) < 4.78 is 13.0. The molecule has 4 heteroatoms. The van der Waals surface area contributed by atoms with E-state index in [2.05, 4.69) is 41.0 Å². The fourth-order valence-corrected chi connectivity index (χ4v) is 4.89. The molecule has 0 unspecified atom stereocenters. The van der Waals surface area contributed by atoms with E-state index < -0.39 is 0 Å². The second-order valence-electron chi connectivity index (χ2n) is 8.19. The van der Waals surface area contributed by atoms with E-state index in [1.165, 1.54) is 36.2 Å². The van der Waals surface area contributed by atoms with Gasteiger partial charge < -0.3 is 9.80 Å². The third kappa shape index (κ3) is 3.70. The van der Waals surface area contributed by atoms with Crippen LogP contribution >= 0.6 is 0 Å². The molecule has 1 fully saturated rings. The predicted molar refractivity (Wildman–Crippen MR) is 112 cm³/mol. The van der Waals surface area contributed by atoms with Gasteiger partial charge in [0.2, 0.25) is 0 Å². The number of halogens is 1. The van der Waals surface area contributed by atoms with Crippen molar-refractivity contribution in [1.82, 2.24) is 4.90 Å². The second-order valence-corrected chi connectivity index (χ2v) is 8.19. The van der Waals surface area contributed by atoms with Gasteiger partial charge in [-0.15, -0.1) is 0 Å². The number of anilines is 1. The molecule has 0 bridgehead atoms. The zero-order valence-electron chi connectivity index (χ0n) is 16.7. The van der Waals surface area contributed by atoms with Crippen LogP contribution in [-0.4, -0.2) is 43.4 Å². The van der Waals surface area contributed by atoms with Crippen molar-refractivity contribution in [2.24, 2.45) is 0 Å². The summed E-state index contributed by atoms with van der Waals surface area (Å²) in [6.45, 7) is 7.59. The number of nitrogens with zero attached hydrogens (tertiary/aromatic N) is 2. The Morgan fingerprint density at radius 2 is 1.79 bits per heavy atom. The Kier molecular flexibility index (Phi) is 5.49. The van der Waals surface area contributed by atoms with Crippen LogP contribution in [0.25, 0.3) is 0 Å². The van der Waals surface area contributed by atoms with Gasteiger partial charge in [0.25, 0.3) is 0 Å². The second kappa shape index (κ2) is 8.04. The maximum atomic E-state index is 13.0. The maximum Gasteiger partial charge on any atom is 0.162 e. The Balaban J connectivity index is 1.29. The largest absolute Gasteiger partial charge is 0.371 e. The smallest absolute Gasteiger partial charge is 0.162 e. The van der Waals surface area contributed by atoms with Crippen LogP contribution in [0, 0.1) is 5.82 Å². The summed E-state index contributed by atoms with van der Waals surface area (Å²) in [5, 5.41) is 0. The molecule has 1 spiro atoms. The monoisotopic (exact) mass is 380 g/mol. The van der Waals surface area contributed by atoms with Gasteiger partial charge in [-0.05, 0) is 81.7 Å². The predicted octanol–water partition coefficient (Wildman–Crippen LogP) is 4.66. The number of hydrogen-bond donors (Lipinski definition) is 0. The number of Topliss-reactive ketones (excluding diaryl/α,β-unsaturated/α-hetero) is 1. The van der Waals surface area contributed by atoms with E-state index in [0.717, 1.165) is 39.1 Å². The van der Waals surface area contributed by atoms with Gasteiger partial charge in [0.05, 0.1) is 0 Å². The summed E-state index contributed by atoms with van der Waals surface area (Å²) in [6, 6.07) is 14.8. The van der Waals surface area contributed by atoms with Gasteiger partial charge in [0.1, 0.15) is 5.82 Å². The normalized spacial score (nSPS) is 18.4. The quantitative estimate of drug-likeness (QED) is 0.681. The van der Waals surface area contributed by atoms with Crippen molar-refractivity contribution in [2.75, 3.05) is 37.6 Å². The molecule has 2 aromatic carbocycles. The minimum atomic E-state index is -0.297. The molecule has 0 saturated carbocycles. The first kappa shape index (κ1) is 19.1. The van der Waals surface area contributed by atoms with E-state index in [1.807, 2.05) is 0 Å². The molecule has 2 heterocycles. The highest BCUT2D eigenvalue weighted by molar-refractivity contribution is 5.95. The van der Waals surface area contributed by atoms with Crippen LogP contribution in [0.3, 0.4) is 0 Å². The van der Waals surface area contributed by atoms with Crippen LogP contribution in [-0.2, 0) is 5.41 Å². The molecule has 0 radical (unpaired) electrons. The average Bonchev–Trinajstić information content (AvgIpc) is 3.04. The molecule has 0 amide bonds. The Hall–Kier alpha value is -2.20. The fourth-order valence-electron chi connectivity index (χ4n) is 4.89. The van der Waals surface area contributed by atoms with E-state index >= 15 is 0 Å². The standard InChI is InChI=1S/C24H29FN2O/c1-2-27-18-24(21-6-3-4-7-22(21)27)13-16-26(17-14-24)15-5-8-23(28)19-9-11-20(25)12-10-19/h3-4,6-7,9-12H,2,5,8,13-18H2,1H3. The Bertz CT molecular complexity index is 825. The molecular formula is C24H29FN2O. The zero-order chi connectivity index (χ0) is 19.6. The molecule has 0 atom stereocenters. The summed E-state index contributed by atoms with van der Waals surface area (Å²) in [7, 11) is 0. The Morgan fingerprint density at radius 1 is 1.07 bits per heavy atom. The van der Waals surface area contributed by atoms with Gasteiger partial charge in [-0.25, -0.2) is 4.39 Å². The third-order valence-corrected chi connectivity index (χ3v) is 6.55. The molecule has 1 saturated heterocycles. The number of carbonyl (C=O) groups is 1. The number of fused-ring (bicyclic) bond motifs is 2. The van der Waals surface area contributed by atoms with Crippen molar-refractivity contribution in [1.29, 1.82) is 0 Å². The number of rotatable bonds is 6. The number of piperidine rings is 1. The van der Waals surface area contributed by atoms with Crippen LogP contribution in [0.5, 0.6) is 0 Å². The van der Waals surface area contributed by atoms with Crippen molar-refractivity contribution >= 4 is 11.5 Å². The lowest BCUT2D eigenvalue weighted by Crippen LogP contribution is -2.45. The molecular weight excluding hydrogens is 351 g/mol. The number of benzene rings is 2. The van der Waals surface area contributed by atoms with E-state index in [4.69, 9.17) is 0 Å². The van der Waals surface area contributed by atoms with Gasteiger partial charge in [-0.2, -0.15) is 0 Å². The first-order valence-corrected chi connectivity index (χ1v) is 10.5. The third-order valence-electron chi connectivity index (χ3n) is 6.55. The number of para-hydroxylation sites is 1. The lowest BCUT2D eigenvalue weighted by molar-refractivity contribution is 0.0968. The highest BCUT2D eigenvalue weighted by Gasteiger charge is 2.43. The topological polar surface area (TPSA) is 23.6 Å². The molecule has 4 rings (SSSR count). The molecule has 3 nitrogen and oxygen atoms in total. The van der Waals surface area contributed by atoms with Crippen molar-refractivity contribution < 1.29 is 9.18 Å². The van der Waals surface area contributed by atoms with Crippen molar-refractivity contribution in [3.63, 3.8) is 0 Å².